The van der Waals surface area contributed by atoms with E-state index in [9.17, 15) is 9.59 Å². The third-order valence-corrected chi connectivity index (χ3v) is 3.83. The highest BCUT2D eigenvalue weighted by Crippen LogP contribution is 2.35. The Kier molecular flexibility index (Phi) is 5.29. The molecule has 0 aliphatic rings. The summed E-state index contributed by atoms with van der Waals surface area (Å²) in [6, 6.07) is 9.24. The van der Waals surface area contributed by atoms with Crippen molar-refractivity contribution in [1.29, 1.82) is 0 Å². The van der Waals surface area contributed by atoms with Crippen molar-refractivity contribution in [2.75, 3.05) is 6.61 Å². The molecule has 0 aromatic heterocycles. The van der Waals surface area contributed by atoms with Crippen LogP contribution in [0.1, 0.15) is 15.9 Å². The Morgan fingerprint density at radius 3 is 2.41 bits per heavy atom. The molecule has 2 rings (SSSR count). The van der Waals surface area contributed by atoms with Crippen LogP contribution in [0, 0.1) is 0 Å². The lowest BCUT2D eigenvalue weighted by Crippen LogP contribution is -2.10. The van der Waals surface area contributed by atoms with Crippen molar-refractivity contribution in [1.82, 2.24) is 0 Å². The molecule has 114 valence electrons. The molecular weight excluding hydrogens is 351 g/mol. The number of ketones is 1. The Morgan fingerprint density at radius 2 is 1.77 bits per heavy atom. The van der Waals surface area contributed by atoms with Gasteiger partial charge in [0.05, 0.1) is 5.02 Å². The molecule has 0 atom stereocenters. The van der Waals surface area contributed by atoms with Crippen molar-refractivity contribution in [2.45, 2.75) is 0 Å². The number of ether oxygens (including phenoxy) is 1. The summed E-state index contributed by atoms with van der Waals surface area (Å²) < 4.78 is 4.99. The van der Waals surface area contributed by atoms with E-state index in [2.05, 4.69) is 0 Å². The van der Waals surface area contributed by atoms with Crippen LogP contribution in [0.4, 0.5) is 0 Å². The van der Waals surface area contributed by atoms with Crippen LogP contribution < -0.4 is 4.74 Å². The van der Waals surface area contributed by atoms with Crippen LogP contribution >= 0.6 is 34.8 Å². The Hall–Kier alpha value is -1.75. The van der Waals surface area contributed by atoms with Crippen molar-refractivity contribution < 1.29 is 19.4 Å². The Labute approximate surface area is 141 Å². The van der Waals surface area contributed by atoms with E-state index in [-0.39, 0.29) is 27.1 Å². The fraction of sp³-hybridized carbons (Fsp3) is 0.0667. The lowest BCUT2D eigenvalue weighted by Gasteiger charge is -2.10. The molecule has 4 nitrogen and oxygen atoms in total. The summed E-state index contributed by atoms with van der Waals surface area (Å²) in [5.41, 5.74) is 0.543. The molecule has 7 heteroatoms. The molecule has 0 aliphatic carbocycles. The largest absolute Gasteiger partial charge is 0.480 e. The van der Waals surface area contributed by atoms with E-state index < -0.39 is 12.6 Å². The van der Waals surface area contributed by atoms with Gasteiger partial charge in [0.15, 0.2) is 12.4 Å². The van der Waals surface area contributed by atoms with E-state index in [0.717, 1.165) is 0 Å². The Bertz CT molecular complexity index is 744. The van der Waals surface area contributed by atoms with Gasteiger partial charge in [0.25, 0.3) is 0 Å². The van der Waals surface area contributed by atoms with Gasteiger partial charge in [0.1, 0.15) is 10.8 Å². The minimum Gasteiger partial charge on any atom is -0.480 e. The fourth-order valence-corrected chi connectivity index (χ4v) is 2.39. The number of benzene rings is 2. The van der Waals surface area contributed by atoms with Crippen molar-refractivity contribution in [2.24, 2.45) is 0 Å². The summed E-state index contributed by atoms with van der Waals surface area (Å²) in [4.78, 5) is 22.9. The van der Waals surface area contributed by atoms with Crippen molar-refractivity contribution in [3.05, 3.63) is 62.6 Å². The lowest BCUT2D eigenvalue weighted by atomic mass is 10.0. The zero-order chi connectivity index (χ0) is 16.3. The molecule has 2 aromatic carbocycles. The molecule has 0 aliphatic heterocycles. The third kappa shape index (κ3) is 3.71. The van der Waals surface area contributed by atoms with Gasteiger partial charge in [0, 0.05) is 16.1 Å². The molecule has 0 radical (unpaired) electrons. The normalized spacial score (nSPS) is 10.3. The number of rotatable bonds is 5. The van der Waals surface area contributed by atoms with Gasteiger partial charge in [0.2, 0.25) is 0 Å². The standard InChI is InChI=1S/C15H9Cl3O4/c16-9-3-1-2-8(6-9)15(21)10-4-5-11(14(18)13(10)17)22-7-12(19)20/h1-6H,7H2,(H,19,20). The van der Waals surface area contributed by atoms with Crippen molar-refractivity contribution in [3.8, 4) is 5.75 Å². The van der Waals surface area contributed by atoms with E-state index in [4.69, 9.17) is 44.6 Å². The van der Waals surface area contributed by atoms with Crippen LogP contribution in [0.25, 0.3) is 0 Å². The van der Waals surface area contributed by atoms with E-state index in [0.29, 0.717) is 10.6 Å². The maximum absolute atomic E-state index is 12.4. The monoisotopic (exact) mass is 358 g/mol. The van der Waals surface area contributed by atoms with Gasteiger partial charge in [-0.05, 0) is 24.3 Å². The number of halogens is 3. The maximum Gasteiger partial charge on any atom is 0.341 e. The maximum atomic E-state index is 12.4. The number of carboxylic acid groups (broad SMARTS) is 1. The van der Waals surface area contributed by atoms with Gasteiger partial charge in [-0.1, -0.05) is 46.9 Å². The molecule has 22 heavy (non-hydrogen) atoms. The third-order valence-electron chi connectivity index (χ3n) is 2.73. The molecule has 1 N–H and O–H groups in total. The molecule has 0 amide bonds. The number of carbonyl (C=O) groups is 2. The van der Waals surface area contributed by atoms with Gasteiger partial charge in [-0.3, -0.25) is 4.79 Å². The SMILES string of the molecule is O=C(O)COc1ccc(C(=O)c2cccc(Cl)c2)c(Cl)c1Cl. The van der Waals surface area contributed by atoms with Crippen LogP contribution in [0.5, 0.6) is 5.75 Å². The minimum atomic E-state index is -1.15. The summed E-state index contributed by atoms with van der Waals surface area (Å²) in [5.74, 6) is -1.40. The smallest absolute Gasteiger partial charge is 0.341 e. The van der Waals surface area contributed by atoms with Crippen LogP contribution in [0.2, 0.25) is 15.1 Å². The molecule has 0 heterocycles. The van der Waals surface area contributed by atoms with Gasteiger partial charge >= 0.3 is 5.97 Å². The quantitative estimate of drug-likeness (QED) is 0.807. The lowest BCUT2D eigenvalue weighted by molar-refractivity contribution is -0.139. The van der Waals surface area contributed by atoms with Gasteiger partial charge in [-0.15, -0.1) is 0 Å². The molecular formula is C15H9Cl3O4. The first-order valence-electron chi connectivity index (χ1n) is 6.03. The Morgan fingerprint density at radius 1 is 1.05 bits per heavy atom. The number of hydrogen-bond acceptors (Lipinski definition) is 3. The zero-order valence-electron chi connectivity index (χ0n) is 11.0. The highest BCUT2D eigenvalue weighted by molar-refractivity contribution is 6.45. The highest BCUT2D eigenvalue weighted by Gasteiger charge is 2.18. The minimum absolute atomic E-state index is 0.00506. The van der Waals surface area contributed by atoms with Gasteiger partial charge < -0.3 is 9.84 Å². The first-order chi connectivity index (χ1) is 10.4. The number of hydrogen-bond donors (Lipinski definition) is 1. The highest BCUT2D eigenvalue weighted by atomic mass is 35.5. The molecule has 0 bridgehead atoms. The molecule has 0 saturated heterocycles. The first kappa shape index (κ1) is 16.6. The zero-order valence-corrected chi connectivity index (χ0v) is 13.2. The summed E-state index contributed by atoms with van der Waals surface area (Å²) >= 11 is 18.0. The second-order valence-corrected chi connectivity index (χ2v) is 5.45. The van der Waals surface area contributed by atoms with Crippen LogP contribution in [-0.4, -0.2) is 23.5 Å². The molecule has 2 aromatic rings. The fourth-order valence-electron chi connectivity index (χ4n) is 1.74. The van der Waals surface area contributed by atoms with Crippen LogP contribution in [0.3, 0.4) is 0 Å². The number of carbonyl (C=O) groups excluding carboxylic acids is 1. The number of carboxylic acids is 1. The molecule has 0 fully saturated rings. The molecule has 0 unspecified atom stereocenters. The Balaban J connectivity index is 2.35. The summed E-state index contributed by atoms with van der Waals surface area (Å²) in [6.45, 7) is -0.558. The summed E-state index contributed by atoms with van der Waals surface area (Å²) in [6.07, 6.45) is 0. The van der Waals surface area contributed by atoms with Crippen LogP contribution in [-0.2, 0) is 4.79 Å². The summed E-state index contributed by atoms with van der Waals surface area (Å²) in [5, 5.41) is 8.99. The predicted molar refractivity (Wildman–Crippen MR) is 84.5 cm³/mol. The predicted octanol–water partition coefficient (Wildman–Crippen LogP) is 4.34. The van der Waals surface area contributed by atoms with E-state index in [1.807, 2.05) is 0 Å². The second-order valence-electron chi connectivity index (χ2n) is 4.26. The molecule has 0 saturated carbocycles. The average molecular weight is 360 g/mol. The van der Waals surface area contributed by atoms with E-state index in [1.165, 1.54) is 18.2 Å². The summed E-state index contributed by atoms with van der Waals surface area (Å²) in [7, 11) is 0. The van der Waals surface area contributed by atoms with Gasteiger partial charge in [-0.2, -0.15) is 0 Å². The van der Waals surface area contributed by atoms with Crippen LogP contribution in [0.15, 0.2) is 36.4 Å². The van der Waals surface area contributed by atoms with Crippen molar-refractivity contribution in [3.63, 3.8) is 0 Å². The van der Waals surface area contributed by atoms with Gasteiger partial charge in [-0.25, -0.2) is 4.79 Å². The molecule has 0 spiro atoms. The number of aliphatic carboxylic acids is 1. The van der Waals surface area contributed by atoms with Crippen molar-refractivity contribution >= 4 is 46.6 Å². The van der Waals surface area contributed by atoms with E-state index >= 15 is 0 Å². The average Bonchev–Trinajstić information content (AvgIpc) is 2.48. The van der Waals surface area contributed by atoms with E-state index in [1.54, 1.807) is 18.2 Å². The first-order valence-corrected chi connectivity index (χ1v) is 7.16. The second kappa shape index (κ2) is 7.01. The topological polar surface area (TPSA) is 63.6 Å².